The molecule has 21 heavy (non-hydrogen) atoms. The molecule has 0 atom stereocenters. The molecule has 1 fully saturated rings. The molecule has 0 radical (unpaired) electrons. The third-order valence-corrected chi connectivity index (χ3v) is 4.29. The minimum Gasteiger partial charge on any atom is -0.494 e. The van der Waals surface area contributed by atoms with E-state index in [4.69, 9.17) is 4.74 Å². The molecule has 2 rings (SSSR count). The molecule has 0 aromatic heterocycles. The van der Waals surface area contributed by atoms with Gasteiger partial charge in [-0.15, -0.1) is 0 Å². The fourth-order valence-corrected chi connectivity index (χ4v) is 2.98. The van der Waals surface area contributed by atoms with Crippen molar-refractivity contribution in [2.24, 2.45) is 0 Å². The first kappa shape index (κ1) is 16.3. The standard InChI is InChI=1S/C18H30N2O/c1-3-13-21-18-10-6-7-16(14-18)15-19-11-12-20(2)17-8-4-5-9-17/h6-7,10,14,17,19H,3-5,8-9,11-13,15H2,1-2H3. The second kappa shape index (κ2) is 9.06. The maximum Gasteiger partial charge on any atom is 0.119 e. The van der Waals surface area contributed by atoms with Crippen LogP contribution in [0.2, 0.25) is 0 Å². The highest BCUT2D eigenvalue weighted by Gasteiger charge is 2.18. The number of hydrogen-bond acceptors (Lipinski definition) is 3. The number of ether oxygens (including phenoxy) is 1. The summed E-state index contributed by atoms with van der Waals surface area (Å²) in [6, 6.07) is 9.23. The topological polar surface area (TPSA) is 24.5 Å². The largest absolute Gasteiger partial charge is 0.494 e. The van der Waals surface area contributed by atoms with Crippen molar-refractivity contribution >= 4 is 0 Å². The monoisotopic (exact) mass is 290 g/mol. The predicted octanol–water partition coefficient (Wildman–Crippen LogP) is 3.44. The van der Waals surface area contributed by atoms with E-state index in [2.05, 4.69) is 42.4 Å². The molecule has 0 aliphatic heterocycles. The van der Waals surface area contributed by atoms with Gasteiger partial charge in [0.25, 0.3) is 0 Å². The minimum absolute atomic E-state index is 0.795. The molecule has 0 heterocycles. The first-order valence-electron chi connectivity index (χ1n) is 8.42. The number of nitrogens with zero attached hydrogens (tertiary/aromatic N) is 1. The van der Waals surface area contributed by atoms with Gasteiger partial charge in [0, 0.05) is 25.7 Å². The zero-order chi connectivity index (χ0) is 14.9. The van der Waals surface area contributed by atoms with Crippen LogP contribution in [0.4, 0.5) is 0 Å². The van der Waals surface area contributed by atoms with Gasteiger partial charge in [-0.05, 0) is 44.0 Å². The summed E-state index contributed by atoms with van der Waals surface area (Å²) < 4.78 is 5.67. The SMILES string of the molecule is CCCOc1cccc(CNCCN(C)C2CCCC2)c1. The lowest BCUT2D eigenvalue weighted by molar-refractivity contribution is 0.245. The van der Waals surface area contributed by atoms with Crippen LogP contribution >= 0.6 is 0 Å². The molecule has 1 N–H and O–H groups in total. The summed E-state index contributed by atoms with van der Waals surface area (Å²) in [6.07, 6.45) is 6.64. The van der Waals surface area contributed by atoms with Crippen LogP contribution < -0.4 is 10.1 Å². The van der Waals surface area contributed by atoms with Gasteiger partial charge in [0.1, 0.15) is 5.75 Å². The summed E-state index contributed by atoms with van der Waals surface area (Å²) >= 11 is 0. The molecule has 3 nitrogen and oxygen atoms in total. The smallest absolute Gasteiger partial charge is 0.119 e. The Morgan fingerprint density at radius 2 is 2.10 bits per heavy atom. The fourth-order valence-electron chi connectivity index (χ4n) is 2.98. The molecule has 1 aromatic carbocycles. The third kappa shape index (κ3) is 5.68. The summed E-state index contributed by atoms with van der Waals surface area (Å²) in [6.45, 7) is 6.03. The fraction of sp³-hybridized carbons (Fsp3) is 0.667. The Hall–Kier alpha value is -1.06. The maximum atomic E-state index is 5.67. The zero-order valence-electron chi connectivity index (χ0n) is 13.6. The summed E-state index contributed by atoms with van der Waals surface area (Å²) in [7, 11) is 2.26. The highest BCUT2D eigenvalue weighted by molar-refractivity contribution is 5.28. The summed E-state index contributed by atoms with van der Waals surface area (Å²) in [4.78, 5) is 2.51. The number of rotatable bonds is 9. The van der Waals surface area contributed by atoms with Gasteiger partial charge in [-0.25, -0.2) is 0 Å². The van der Waals surface area contributed by atoms with Crippen molar-refractivity contribution in [1.29, 1.82) is 0 Å². The lowest BCUT2D eigenvalue weighted by Gasteiger charge is -2.24. The molecule has 0 saturated heterocycles. The zero-order valence-corrected chi connectivity index (χ0v) is 13.6. The first-order valence-corrected chi connectivity index (χ1v) is 8.42. The van der Waals surface area contributed by atoms with Gasteiger partial charge >= 0.3 is 0 Å². The second-order valence-electron chi connectivity index (χ2n) is 6.09. The molecule has 1 aliphatic carbocycles. The molecule has 1 saturated carbocycles. The highest BCUT2D eigenvalue weighted by Crippen LogP contribution is 2.21. The Morgan fingerprint density at radius 1 is 1.29 bits per heavy atom. The van der Waals surface area contributed by atoms with Crippen molar-refractivity contribution in [2.75, 3.05) is 26.7 Å². The van der Waals surface area contributed by atoms with Gasteiger partial charge in [-0.1, -0.05) is 31.9 Å². The lowest BCUT2D eigenvalue weighted by Crippen LogP contribution is -2.35. The molecule has 0 amide bonds. The van der Waals surface area contributed by atoms with E-state index in [1.54, 1.807) is 0 Å². The van der Waals surface area contributed by atoms with Crippen molar-refractivity contribution in [3.63, 3.8) is 0 Å². The van der Waals surface area contributed by atoms with Crippen molar-refractivity contribution < 1.29 is 4.74 Å². The summed E-state index contributed by atoms with van der Waals surface area (Å²) in [5.41, 5.74) is 1.30. The van der Waals surface area contributed by atoms with Gasteiger partial charge in [-0.3, -0.25) is 0 Å². The lowest BCUT2D eigenvalue weighted by atomic mass is 10.2. The molecular formula is C18H30N2O. The van der Waals surface area contributed by atoms with Crippen LogP contribution in [0.5, 0.6) is 5.75 Å². The Balaban J connectivity index is 1.65. The van der Waals surface area contributed by atoms with E-state index in [-0.39, 0.29) is 0 Å². The normalized spacial score (nSPS) is 15.8. The molecular weight excluding hydrogens is 260 g/mol. The van der Waals surface area contributed by atoms with Crippen LogP contribution in [0.1, 0.15) is 44.6 Å². The van der Waals surface area contributed by atoms with Gasteiger partial charge in [0.2, 0.25) is 0 Å². The van der Waals surface area contributed by atoms with Gasteiger partial charge in [0.15, 0.2) is 0 Å². The second-order valence-corrected chi connectivity index (χ2v) is 6.09. The van der Waals surface area contributed by atoms with E-state index in [9.17, 15) is 0 Å². The summed E-state index contributed by atoms with van der Waals surface area (Å²) in [5, 5.41) is 3.54. The minimum atomic E-state index is 0.795. The molecule has 0 bridgehead atoms. The number of nitrogens with one attached hydrogen (secondary N) is 1. The van der Waals surface area contributed by atoms with Crippen LogP contribution in [0.3, 0.4) is 0 Å². The van der Waals surface area contributed by atoms with Crippen LogP contribution in [0, 0.1) is 0 Å². The molecule has 118 valence electrons. The Bertz CT molecular complexity index is 402. The van der Waals surface area contributed by atoms with Crippen LogP contribution in [-0.2, 0) is 6.54 Å². The van der Waals surface area contributed by atoms with Crippen LogP contribution in [-0.4, -0.2) is 37.7 Å². The molecule has 3 heteroatoms. The Labute approximate surface area is 129 Å². The molecule has 0 unspecified atom stereocenters. The van der Waals surface area contributed by atoms with Crippen molar-refractivity contribution in [1.82, 2.24) is 10.2 Å². The summed E-state index contributed by atoms with van der Waals surface area (Å²) in [5.74, 6) is 0.985. The number of benzene rings is 1. The maximum absolute atomic E-state index is 5.67. The quantitative estimate of drug-likeness (QED) is 0.705. The van der Waals surface area contributed by atoms with E-state index < -0.39 is 0 Å². The molecule has 0 spiro atoms. The van der Waals surface area contributed by atoms with Crippen LogP contribution in [0.15, 0.2) is 24.3 Å². The van der Waals surface area contributed by atoms with E-state index in [0.29, 0.717) is 0 Å². The highest BCUT2D eigenvalue weighted by atomic mass is 16.5. The van der Waals surface area contributed by atoms with Gasteiger partial charge in [0.05, 0.1) is 6.61 Å². The predicted molar refractivity (Wildman–Crippen MR) is 88.8 cm³/mol. The van der Waals surface area contributed by atoms with Crippen molar-refractivity contribution in [3.05, 3.63) is 29.8 Å². The Morgan fingerprint density at radius 3 is 2.86 bits per heavy atom. The van der Waals surface area contributed by atoms with Crippen molar-refractivity contribution in [2.45, 2.75) is 51.6 Å². The molecule has 1 aliphatic rings. The van der Waals surface area contributed by atoms with Crippen LogP contribution in [0.25, 0.3) is 0 Å². The molecule has 1 aromatic rings. The van der Waals surface area contributed by atoms with E-state index >= 15 is 0 Å². The third-order valence-electron chi connectivity index (χ3n) is 4.29. The average Bonchev–Trinajstić information content (AvgIpc) is 3.04. The number of likely N-dealkylation sites (N-methyl/N-ethyl adjacent to an activating group) is 1. The Kier molecular flexibility index (Phi) is 7.04. The van der Waals surface area contributed by atoms with E-state index in [1.807, 2.05) is 6.07 Å². The average molecular weight is 290 g/mol. The number of hydrogen-bond donors (Lipinski definition) is 1. The first-order chi connectivity index (χ1) is 10.3. The van der Waals surface area contributed by atoms with Crippen molar-refractivity contribution in [3.8, 4) is 5.75 Å². The van der Waals surface area contributed by atoms with E-state index in [0.717, 1.165) is 44.5 Å². The van der Waals surface area contributed by atoms with Gasteiger partial charge in [-0.2, -0.15) is 0 Å². The van der Waals surface area contributed by atoms with E-state index in [1.165, 1.54) is 31.2 Å². The van der Waals surface area contributed by atoms with Gasteiger partial charge < -0.3 is 15.0 Å².